The van der Waals surface area contributed by atoms with Crippen molar-refractivity contribution in [2.24, 2.45) is 11.8 Å². The van der Waals surface area contributed by atoms with Crippen LogP contribution in [-0.4, -0.2) is 6.36 Å². The topological polar surface area (TPSA) is 9.23 Å². The molecule has 0 N–H and O–H groups in total. The summed E-state index contributed by atoms with van der Waals surface area (Å²) in [4.78, 5) is 0. The Morgan fingerprint density at radius 1 is 1.06 bits per heavy atom. The summed E-state index contributed by atoms with van der Waals surface area (Å²) in [7, 11) is 0. The molecule has 31 heavy (non-hydrogen) atoms. The fourth-order valence-electron chi connectivity index (χ4n) is 5.21. The SMILES string of the molecule is CCC=CC1CCC2c3cc(F)c(-c4ccc(OC(F)(F)F)cc4)c(F)c3CCC2C1. The van der Waals surface area contributed by atoms with Crippen molar-refractivity contribution in [2.75, 3.05) is 0 Å². The number of allylic oxidation sites excluding steroid dienone is 2. The van der Waals surface area contributed by atoms with E-state index < -0.39 is 23.7 Å². The molecule has 4 rings (SSSR count). The molecule has 0 amide bonds. The van der Waals surface area contributed by atoms with Gasteiger partial charge in [0.1, 0.15) is 17.4 Å². The predicted octanol–water partition coefficient (Wildman–Crippen LogP) is 7.94. The molecule has 1 nitrogen and oxygen atoms in total. The standard InChI is InChI=1S/C25H25F5O/c1-2-3-4-15-5-11-19-17(13-15)8-12-20-21(19)14-22(26)23(24(20)27)16-6-9-18(10-7-16)31-25(28,29)30/h3-4,6-7,9-10,14-15,17,19H,2,5,8,11-13H2,1H3. The molecular formula is C25H25F5O. The van der Waals surface area contributed by atoms with E-state index in [2.05, 4.69) is 23.8 Å². The Balaban J connectivity index is 1.61. The molecule has 0 radical (unpaired) electrons. The molecule has 1 saturated carbocycles. The van der Waals surface area contributed by atoms with Crippen molar-refractivity contribution in [2.45, 2.75) is 57.7 Å². The molecule has 2 aromatic carbocycles. The Bertz CT molecular complexity index is 961. The van der Waals surface area contributed by atoms with Crippen LogP contribution in [-0.2, 0) is 6.42 Å². The van der Waals surface area contributed by atoms with E-state index in [4.69, 9.17) is 0 Å². The molecule has 0 bridgehead atoms. The summed E-state index contributed by atoms with van der Waals surface area (Å²) in [6.45, 7) is 2.11. The Kier molecular flexibility index (Phi) is 6.09. The number of ether oxygens (including phenoxy) is 1. The van der Waals surface area contributed by atoms with Crippen LogP contribution in [0.2, 0.25) is 0 Å². The van der Waals surface area contributed by atoms with Crippen LogP contribution in [0.15, 0.2) is 42.5 Å². The van der Waals surface area contributed by atoms with Crippen LogP contribution in [0.1, 0.15) is 56.1 Å². The van der Waals surface area contributed by atoms with Gasteiger partial charge in [0.25, 0.3) is 0 Å². The highest BCUT2D eigenvalue weighted by Gasteiger charge is 2.37. The lowest BCUT2D eigenvalue weighted by Crippen LogP contribution is -2.28. The normalized spacial score (nSPS) is 23.5. The molecule has 2 aromatic rings. The second kappa shape index (κ2) is 8.64. The molecule has 166 valence electrons. The molecular weight excluding hydrogens is 411 g/mol. The third-order valence-corrected chi connectivity index (χ3v) is 6.56. The van der Waals surface area contributed by atoms with Gasteiger partial charge in [0.2, 0.25) is 0 Å². The van der Waals surface area contributed by atoms with Gasteiger partial charge < -0.3 is 4.74 Å². The highest BCUT2D eigenvalue weighted by atomic mass is 19.4. The molecule has 0 spiro atoms. The van der Waals surface area contributed by atoms with Crippen molar-refractivity contribution in [1.29, 1.82) is 0 Å². The molecule has 2 aliphatic carbocycles. The Morgan fingerprint density at radius 2 is 1.81 bits per heavy atom. The van der Waals surface area contributed by atoms with Gasteiger partial charge in [-0.1, -0.05) is 31.2 Å². The van der Waals surface area contributed by atoms with Crippen molar-refractivity contribution in [3.63, 3.8) is 0 Å². The van der Waals surface area contributed by atoms with E-state index in [-0.39, 0.29) is 17.0 Å². The summed E-state index contributed by atoms with van der Waals surface area (Å²) in [5.74, 6) is -0.562. The first-order valence-corrected chi connectivity index (χ1v) is 10.8. The van der Waals surface area contributed by atoms with Crippen LogP contribution in [0.4, 0.5) is 22.0 Å². The number of halogens is 5. The number of benzene rings is 2. The first-order valence-electron chi connectivity index (χ1n) is 10.8. The number of alkyl halides is 3. The van der Waals surface area contributed by atoms with E-state index in [1.54, 1.807) is 0 Å². The minimum absolute atomic E-state index is 0.163. The predicted molar refractivity (Wildman–Crippen MR) is 110 cm³/mol. The van der Waals surface area contributed by atoms with Gasteiger partial charge in [-0.15, -0.1) is 13.2 Å². The van der Waals surface area contributed by atoms with E-state index in [1.165, 1.54) is 18.2 Å². The van der Waals surface area contributed by atoms with Gasteiger partial charge >= 0.3 is 6.36 Å². The molecule has 3 unspecified atom stereocenters. The summed E-state index contributed by atoms with van der Waals surface area (Å²) in [5.41, 5.74) is 1.33. The lowest BCUT2D eigenvalue weighted by Gasteiger charge is -2.40. The van der Waals surface area contributed by atoms with Gasteiger partial charge in [-0.3, -0.25) is 0 Å². The quantitative estimate of drug-likeness (QED) is 0.349. The zero-order chi connectivity index (χ0) is 22.2. The van der Waals surface area contributed by atoms with Crippen LogP contribution < -0.4 is 4.74 Å². The molecule has 0 aromatic heterocycles. The van der Waals surface area contributed by atoms with Gasteiger partial charge in [0.15, 0.2) is 0 Å². The largest absolute Gasteiger partial charge is 0.573 e. The molecule has 0 heterocycles. The maximum absolute atomic E-state index is 15.4. The Labute approximate surface area is 178 Å². The zero-order valence-electron chi connectivity index (χ0n) is 17.3. The van der Waals surface area contributed by atoms with Crippen molar-refractivity contribution in [3.8, 4) is 16.9 Å². The molecule has 6 heteroatoms. The maximum Gasteiger partial charge on any atom is 0.573 e. The molecule has 2 aliphatic rings. The van der Waals surface area contributed by atoms with Crippen LogP contribution in [0.5, 0.6) is 5.75 Å². The van der Waals surface area contributed by atoms with Gasteiger partial charge in [0, 0.05) is 0 Å². The van der Waals surface area contributed by atoms with Crippen molar-refractivity contribution in [3.05, 3.63) is 65.2 Å². The summed E-state index contributed by atoms with van der Waals surface area (Å²) in [6, 6.07) is 6.11. The van der Waals surface area contributed by atoms with Crippen LogP contribution >= 0.6 is 0 Å². The number of hydrogen-bond acceptors (Lipinski definition) is 1. The minimum atomic E-state index is -4.81. The van der Waals surface area contributed by atoms with Gasteiger partial charge in [-0.25, -0.2) is 8.78 Å². The third kappa shape index (κ3) is 4.63. The van der Waals surface area contributed by atoms with E-state index in [0.29, 0.717) is 23.8 Å². The second-order valence-electron chi connectivity index (χ2n) is 8.50. The van der Waals surface area contributed by atoms with E-state index >= 15 is 8.78 Å². The number of rotatable bonds is 4. The third-order valence-electron chi connectivity index (χ3n) is 6.56. The van der Waals surface area contributed by atoms with Crippen LogP contribution in [0.3, 0.4) is 0 Å². The summed E-state index contributed by atoms with van der Waals surface area (Å²) in [6.07, 6.45) is 5.07. The van der Waals surface area contributed by atoms with Crippen molar-refractivity contribution in [1.82, 2.24) is 0 Å². The fraction of sp³-hybridized carbons (Fsp3) is 0.440. The van der Waals surface area contributed by atoms with Crippen LogP contribution in [0, 0.1) is 23.5 Å². The maximum atomic E-state index is 15.4. The van der Waals surface area contributed by atoms with E-state index in [1.807, 2.05) is 0 Å². The molecule has 0 saturated heterocycles. The number of hydrogen-bond donors (Lipinski definition) is 0. The van der Waals surface area contributed by atoms with E-state index in [9.17, 15) is 13.2 Å². The average molecular weight is 436 g/mol. The summed E-state index contributed by atoms with van der Waals surface area (Å²) < 4.78 is 71.4. The molecule has 0 aliphatic heterocycles. The average Bonchev–Trinajstić information content (AvgIpc) is 2.72. The first kappa shape index (κ1) is 21.8. The lowest BCUT2D eigenvalue weighted by atomic mass is 9.65. The Hall–Kier alpha value is -2.37. The monoisotopic (exact) mass is 436 g/mol. The smallest absolute Gasteiger partial charge is 0.406 e. The highest BCUT2D eigenvalue weighted by Crippen LogP contribution is 2.49. The summed E-state index contributed by atoms with van der Waals surface area (Å²) >= 11 is 0. The first-order chi connectivity index (χ1) is 14.8. The van der Waals surface area contributed by atoms with Crippen molar-refractivity contribution < 1.29 is 26.7 Å². The Morgan fingerprint density at radius 3 is 2.48 bits per heavy atom. The van der Waals surface area contributed by atoms with Crippen LogP contribution in [0.25, 0.3) is 11.1 Å². The zero-order valence-corrected chi connectivity index (χ0v) is 17.3. The van der Waals surface area contributed by atoms with Gasteiger partial charge in [0.05, 0.1) is 5.56 Å². The molecule has 3 atom stereocenters. The van der Waals surface area contributed by atoms with E-state index in [0.717, 1.165) is 49.8 Å². The lowest BCUT2D eigenvalue weighted by molar-refractivity contribution is -0.274. The number of fused-ring (bicyclic) bond motifs is 3. The fourth-order valence-corrected chi connectivity index (χ4v) is 5.21. The minimum Gasteiger partial charge on any atom is -0.406 e. The van der Waals surface area contributed by atoms with Gasteiger partial charge in [-0.05, 0) is 91.2 Å². The molecule has 1 fully saturated rings. The highest BCUT2D eigenvalue weighted by molar-refractivity contribution is 5.68. The van der Waals surface area contributed by atoms with Gasteiger partial charge in [-0.2, -0.15) is 0 Å². The summed E-state index contributed by atoms with van der Waals surface area (Å²) in [5, 5.41) is 0. The second-order valence-corrected chi connectivity index (χ2v) is 8.50. The van der Waals surface area contributed by atoms with Crippen molar-refractivity contribution >= 4 is 0 Å².